The molecule has 1 aliphatic heterocycles. The molecule has 2 aliphatic rings. The first-order valence-corrected chi connectivity index (χ1v) is 10.8. The first kappa shape index (κ1) is 20.2. The molecule has 0 spiro atoms. The van der Waals surface area contributed by atoms with Gasteiger partial charge in [0.15, 0.2) is 5.96 Å². The van der Waals surface area contributed by atoms with Gasteiger partial charge >= 0.3 is 0 Å². The highest BCUT2D eigenvalue weighted by Gasteiger charge is 2.17. The lowest BCUT2D eigenvalue weighted by Gasteiger charge is -2.34. The Bertz CT molecular complexity index is 545. The van der Waals surface area contributed by atoms with E-state index in [-0.39, 0.29) is 0 Å². The minimum atomic E-state index is 0.628. The molecule has 1 heterocycles. The molecular weight excluding hydrogens is 334 g/mol. The standard InChI is InChI=1S/C22H37N5/c1-23-22(25-21-11-5-6-12-21)24-13-7-8-14-26-15-17-27(18-16-26)19-20-9-3-2-4-10-20/h2-4,9-10,21H,5-8,11-19H2,1H3,(H2,23,24,25). The number of piperazine rings is 1. The van der Waals surface area contributed by atoms with Gasteiger partial charge in [-0.1, -0.05) is 43.2 Å². The lowest BCUT2D eigenvalue weighted by atomic mass is 10.2. The second-order valence-electron chi connectivity index (χ2n) is 7.94. The predicted molar refractivity (Wildman–Crippen MR) is 114 cm³/mol. The third-order valence-corrected chi connectivity index (χ3v) is 5.83. The highest BCUT2D eigenvalue weighted by atomic mass is 15.3. The van der Waals surface area contributed by atoms with Gasteiger partial charge in [0.25, 0.3) is 0 Å². The summed E-state index contributed by atoms with van der Waals surface area (Å²) in [4.78, 5) is 9.55. The lowest BCUT2D eigenvalue weighted by Crippen LogP contribution is -2.46. The summed E-state index contributed by atoms with van der Waals surface area (Å²) < 4.78 is 0. The van der Waals surface area contributed by atoms with E-state index in [1.807, 2.05) is 7.05 Å². The van der Waals surface area contributed by atoms with E-state index in [9.17, 15) is 0 Å². The molecule has 2 N–H and O–H groups in total. The summed E-state index contributed by atoms with van der Waals surface area (Å²) in [5.74, 6) is 0.983. The molecule has 1 saturated carbocycles. The van der Waals surface area contributed by atoms with Gasteiger partial charge in [-0.15, -0.1) is 0 Å². The van der Waals surface area contributed by atoms with Crippen molar-refractivity contribution in [3.63, 3.8) is 0 Å². The molecule has 0 radical (unpaired) electrons. The minimum Gasteiger partial charge on any atom is -0.356 e. The Morgan fingerprint density at radius 1 is 1.00 bits per heavy atom. The molecule has 5 nitrogen and oxygen atoms in total. The van der Waals surface area contributed by atoms with Gasteiger partial charge in [0, 0.05) is 52.4 Å². The van der Waals surface area contributed by atoms with Crippen molar-refractivity contribution in [2.75, 3.05) is 46.3 Å². The molecule has 2 fully saturated rings. The van der Waals surface area contributed by atoms with Gasteiger partial charge in [0.2, 0.25) is 0 Å². The summed E-state index contributed by atoms with van der Waals surface area (Å²) in [6.07, 6.45) is 7.75. The van der Waals surface area contributed by atoms with E-state index in [1.54, 1.807) is 0 Å². The number of hydrogen-bond donors (Lipinski definition) is 2. The summed E-state index contributed by atoms with van der Waals surface area (Å²) in [6, 6.07) is 11.5. The van der Waals surface area contributed by atoms with E-state index in [4.69, 9.17) is 0 Å². The van der Waals surface area contributed by atoms with Crippen LogP contribution in [0.2, 0.25) is 0 Å². The van der Waals surface area contributed by atoms with Crippen LogP contribution in [0.4, 0.5) is 0 Å². The molecule has 1 aromatic carbocycles. The molecule has 5 heteroatoms. The highest BCUT2D eigenvalue weighted by Crippen LogP contribution is 2.17. The van der Waals surface area contributed by atoms with Crippen molar-refractivity contribution in [1.82, 2.24) is 20.4 Å². The fraction of sp³-hybridized carbons (Fsp3) is 0.682. The van der Waals surface area contributed by atoms with E-state index in [0.29, 0.717) is 6.04 Å². The average molecular weight is 372 g/mol. The van der Waals surface area contributed by atoms with Crippen LogP contribution in [-0.2, 0) is 6.54 Å². The van der Waals surface area contributed by atoms with Gasteiger partial charge in [-0.2, -0.15) is 0 Å². The molecule has 0 aromatic heterocycles. The van der Waals surface area contributed by atoms with Crippen molar-refractivity contribution in [2.45, 2.75) is 51.1 Å². The molecule has 1 aromatic rings. The third kappa shape index (κ3) is 7.15. The van der Waals surface area contributed by atoms with E-state index in [2.05, 4.69) is 55.8 Å². The zero-order chi connectivity index (χ0) is 18.7. The molecule has 0 unspecified atom stereocenters. The van der Waals surface area contributed by atoms with Crippen molar-refractivity contribution >= 4 is 5.96 Å². The van der Waals surface area contributed by atoms with Gasteiger partial charge in [-0.3, -0.25) is 9.89 Å². The van der Waals surface area contributed by atoms with Crippen LogP contribution in [-0.4, -0.2) is 68.1 Å². The molecule has 0 atom stereocenters. The number of rotatable bonds is 8. The zero-order valence-corrected chi connectivity index (χ0v) is 17.0. The number of nitrogens with zero attached hydrogens (tertiary/aromatic N) is 3. The summed E-state index contributed by atoms with van der Waals surface area (Å²) >= 11 is 0. The van der Waals surface area contributed by atoms with E-state index in [1.165, 1.54) is 76.8 Å². The summed E-state index contributed by atoms with van der Waals surface area (Å²) in [5, 5.41) is 7.03. The van der Waals surface area contributed by atoms with Crippen molar-refractivity contribution in [1.29, 1.82) is 0 Å². The summed E-state index contributed by atoms with van der Waals surface area (Å²) in [6.45, 7) is 8.09. The molecule has 1 saturated heterocycles. The fourth-order valence-electron chi connectivity index (χ4n) is 4.14. The van der Waals surface area contributed by atoms with Gasteiger partial charge < -0.3 is 15.5 Å². The molecular formula is C22H37N5. The maximum absolute atomic E-state index is 4.36. The fourth-order valence-corrected chi connectivity index (χ4v) is 4.14. The van der Waals surface area contributed by atoms with Crippen LogP contribution in [0.3, 0.4) is 0 Å². The normalized spacial score (nSPS) is 20.1. The largest absolute Gasteiger partial charge is 0.356 e. The number of guanidine groups is 1. The quantitative estimate of drug-likeness (QED) is 0.419. The Hall–Kier alpha value is -1.59. The molecule has 27 heavy (non-hydrogen) atoms. The van der Waals surface area contributed by atoms with Crippen LogP contribution < -0.4 is 10.6 Å². The first-order valence-electron chi connectivity index (χ1n) is 10.8. The Balaban J connectivity index is 1.23. The summed E-state index contributed by atoms with van der Waals surface area (Å²) in [7, 11) is 1.87. The minimum absolute atomic E-state index is 0.628. The Morgan fingerprint density at radius 2 is 1.70 bits per heavy atom. The van der Waals surface area contributed by atoms with Gasteiger partial charge in [0.05, 0.1) is 0 Å². The van der Waals surface area contributed by atoms with Crippen molar-refractivity contribution in [3.8, 4) is 0 Å². The van der Waals surface area contributed by atoms with Crippen LogP contribution >= 0.6 is 0 Å². The topological polar surface area (TPSA) is 42.9 Å². The van der Waals surface area contributed by atoms with Crippen molar-refractivity contribution in [2.24, 2.45) is 4.99 Å². The van der Waals surface area contributed by atoms with E-state index in [0.717, 1.165) is 19.0 Å². The SMILES string of the molecule is CN=C(NCCCCN1CCN(Cc2ccccc2)CC1)NC1CCCC1. The average Bonchev–Trinajstić information content (AvgIpc) is 3.22. The van der Waals surface area contributed by atoms with Crippen LogP contribution in [0, 0.1) is 0 Å². The number of nitrogens with one attached hydrogen (secondary N) is 2. The Kier molecular flexibility index (Phi) is 8.43. The molecule has 1 aliphatic carbocycles. The molecule has 0 amide bonds. The van der Waals surface area contributed by atoms with Crippen LogP contribution in [0.1, 0.15) is 44.1 Å². The van der Waals surface area contributed by atoms with Crippen LogP contribution in [0.25, 0.3) is 0 Å². The maximum Gasteiger partial charge on any atom is 0.191 e. The van der Waals surface area contributed by atoms with Gasteiger partial charge in [0.1, 0.15) is 0 Å². The number of benzene rings is 1. The summed E-state index contributed by atoms with van der Waals surface area (Å²) in [5.41, 5.74) is 1.43. The highest BCUT2D eigenvalue weighted by molar-refractivity contribution is 5.79. The number of unbranched alkanes of at least 4 members (excludes halogenated alkanes) is 1. The first-order chi connectivity index (χ1) is 13.3. The number of hydrogen-bond acceptors (Lipinski definition) is 3. The van der Waals surface area contributed by atoms with Crippen LogP contribution in [0.15, 0.2) is 35.3 Å². The van der Waals surface area contributed by atoms with E-state index < -0.39 is 0 Å². The number of aliphatic imine (C=N–C) groups is 1. The predicted octanol–water partition coefficient (Wildman–Crippen LogP) is 2.69. The second-order valence-corrected chi connectivity index (χ2v) is 7.94. The van der Waals surface area contributed by atoms with Gasteiger partial charge in [-0.05, 0) is 37.8 Å². The van der Waals surface area contributed by atoms with Crippen molar-refractivity contribution < 1.29 is 0 Å². The molecule has 150 valence electrons. The smallest absolute Gasteiger partial charge is 0.191 e. The van der Waals surface area contributed by atoms with Gasteiger partial charge in [-0.25, -0.2) is 0 Å². The molecule has 0 bridgehead atoms. The molecule has 3 rings (SSSR count). The Morgan fingerprint density at radius 3 is 2.41 bits per heavy atom. The Labute approximate surface area is 165 Å². The monoisotopic (exact) mass is 371 g/mol. The zero-order valence-electron chi connectivity index (χ0n) is 17.0. The maximum atomic E-state index is 4.36. The van der Waals surface area contributed by atoms with Crippen molar-refractivity contribution in [3.05, 3.63) is 35.9 Å². The third-order valence-electron chi connectivity index (χ3n) is 5.83. The lowest BCUT2D eigenvalue weighted by molar-refractivity contribution is 0.126. The van der Waals surface area contributed by atoms with Crippen LogP contribution in [0.5, 0.6) is 0 Å². The van der Waals surface area contributed by atoms with E-state index >= 15 is 0 Å². The second kappa shape index (κ2) is 11.3.